The standard InChI is InChI=1S/C22H32O2/c1-15(2)23-19-13-10-14-20(24-16(3)4)21(19)17-11-8-9-12-18(17)22(5,6)7/h8-11,13-16,18H,12H2,1-7H3/t18-/m0/s1. The van der Waals surface area contributed by atoms with Crippen LogP contribution in [0.4, 0.5) is 0 Å². The van der Waals surface area contributed by atoms with Crippen molar-refractivity contribution in [3.63, 3.8) is 0 Å². The number of benzene rings is 1. The lowest BCUT2D eigenvalue weighted by Crippen LogP contribution is -2.23. The molecule has 24 heavy (non-hydrogen) atoms. The normalized spacial score (nSPS) is 18.0. The second-order valence-electron chi connectivity index (χ2n) is 8.17. The highest BCUT2D eigenvalue weighted by Crippen LogP contribution is 2.47. The lowest BCUT2D eigenvalue weighted by Gasteiger charge is -2.35. The van der Waals surface area contributed by atoms with E-state index in [1.54, 1.807) is 0 Å². The molecule has 0 bridgehead atoms. The van der Waals surface area contributed by atoms with Crippen molar-refractivity contribution in [2.75, 3.05) is 0 Å². The molecular formula is C22H32O2. The van der Waals surface area contributed by atoms with Crippen LogP contribution in [0.25, 0.3) is 5.57 Å². The van der Waals surface area contributed by atoms with Crippen LogP contribution in [0.2, 0.25) is 0 Å². The lowest BCUT2D eigenvalue weighted by atomic mass is 9.70. The first-order chi connectivity index (χ1) is 11.2. The fourth-order valence-corrected chi connectivity index (χ4v) is 3.21. The molecule has 132 valence electrons. The molecule has 1 aromatic rings. The summed E-state index contributed by atoms with van der Waals surface area (Å²) in [7, 11) is 0. The zero-order chi connectivity index (χ0) is 17.9. The molecule has 0 saturated heterocycles. The third kappa shape index (κ3) is 4.43. The van der Waals surface area contributed by atoms with E-state index in [9.17, 15) is 0 Å². The minimum absolute atomic E-state index is 0.130. The maximum atomic E-state index is 6.14. The number of rotatable bonds is 5. The van der Waals surface area contributed by atoms with Gasteiger partial charge in [0.15, 0.2) is 0 Å². The van der Waals surface area contributed by atoms with Crippen LogP contribution in [-0.4, -0.2) is 12.2 Å². The molecular weight excluding hydrogens is 296 g/mol. The van der Waals surface area contributed by atoms with E-state index in [1.807, 2.05) is 6.07 Å². The van der Waals surface area contributed by atoms with Gasteiger partial charge in [-0.3, -0.25) is 0 Å². The summed E-state index contributed by atoms with van der Waals surface area (Å²) in [4.78, 5) is 0. The minimum atomic E-state index is 0.130. The van der Waals surface area contributed by atoms with Crippen molar-refractivity contribution in [2.45, 2.75) is 67.1 Å². The zero-order valence-electron chi connectivity index (χ0n) is 16.2. The van der Waals surface area contributed by atoms with Crippen LogP contribution in [0.5, 0.6) is 11.5 Å². The smallest absolute Gasteiger partial charge is 0.130 e. The van der Waals surface area contributed by atoms with Crippen molar-refractivity contribution in [2.24, 2.45) is 11.3 Å². The molecule has 1 aromatic carbocycles. The van der Waals surface area contributed by atoms with Gasteiger partial charge in [-0.1, -0.05) is 45.1 Å². The average molecular weight is 328 g/mol. The van der Waals surface area contributed by atoms with E-state index in [-0.39, 0.29) is 17.6 Å². The van der Waals surface area contributed by atoms with Crippen molar-refractivity contribution in [3.05, 3.63) is 42.0 Å². The summed E-state index contributed by atoms with van der Waals surface area (Å²) in [6, 6.07) is 6.13. The van der Waals surface area contributed by atoms with Crippen LogP contribution in [0.3, 0.4) is 0 Å². The van der Waals surface area contributed by atoms with Crippen LogP contribution in [0, 0.1) is 11.3 Å². The van der Waals surface area contributed by atoms with E-state index >= 15 is 0 Å². The number of hydrogen-bond acceptors (Lipinski definition) is 2. The van der Waals surface area contributed by atoms with Gasteiger partial charge in [-0.25, -0.2) is 0 Å². The Hall–Kier alpha value is -1.70. The number of ether oxygens (including phenoxy) is 2. The summed E-state index contributed by atoms with van der Waals surface area (Å²) in [5.41, 5.74) is 2.61. The van der Waals surface area contributed by atoms with Gasteiger partial charge < -0.3 is 9.47 Å². The molecule has 0 heterocycles. The van der Waals surface area contributed by atoms with Crippen molar-refractivity contribution in [1.82, 2.24) is 0 Å². The van der Waals surface area contributed by atoms with Crippen LogP contribution < -0.4 is 9.47 Å². The topological polar surface area (TPSA) is 18.5 Å². The van der Waals surface area contributed by atoms with Crippen molar-refractivity contribution < 1.29 is 9.47 Å². The summed E-state index contributed by atoms with van der Waals surface area (Å²) in [5.74, 6) is 2.27. The van der Waals surface area contributed by atoms with Crippen LogP contribution in [0.1, 0.15) is 60.5 Å². The van der Waals surface area contributed by atoms with Crippen molar-refractivity contribution in [3.8, 4) is 11.5 Å². The summed E-state index contributed by atoms with van der Waals surface area (Å²) in [6.45, 7) is 15.2. The maximum absolute atomic E-state index is 6.14. The molecule has 1 aliphatic rings. The predicted molar refractivity (Wildman–Crippen MR) is 103 cm³/mol. The Balaban J connectivity index is 2.59. The van der Waals surface area contributed by atoms with Gasteiger partial charge in [0.2, 0.25) is 0 Å². The molecule has 2 rings (SSSR count). The molecule has 0 amide bonds. The lowest BCUT2D eigenvalue weighted by molar-refractivity contribution is 0.226. The molecule has 2 nitrogen and oxygen atoms in total. The molecule has 2 heteroatoms. The minimum Gasteiger partial charge on any atom is -0.490 e. The molecule has 0 spiro atoms. The van der Waals surface area contributed by atoms with Gasteiger partial charge in [-0.05, 0) is 63.2 Å². The Morgan fingerprint density at radius 2 is 1.50 bits per heavy atom. The Morgan fingerprint density at radius 3 is 1.96 bits per heavy atom. The molecule has 1 atom stereocenters. The Morgan fingerprint density at radius 1 is 0.958 bits per heavy atom. The Kier molecular flexibility index (Phi) is 5.79. The first-order valence-electron chi connectivity index (χ1n) is 9.03. The zero-order valence-corrected chi connectivity index (χ0v) is 16.2. The molecule has 0 fully saturated rings. The van der Waals surface area contributed by atoms with E-state index in [0.717, 1.165) is 23.5 Å². The second kappa shape index (κ2) is 7.46. The van der Waals surface area contributed by atoms with E-state index in [4.69, 9.17) is 9.47 Å². The van der Waals surface area contributed by atoms with Crippen LogP contribution in [0.15, 0.2) is 36.4 Å². The predicted octanol–water partition coefficient (Wildman–Crippen LogP) is 6.27. The second-order valence-corrected chi connectivity index (χ2v) is 8.17. The Labute approximate surface area is 147 Å². The highest BCUT2D eigenvalue weighted by molar-refractivity contribution is 5.79. The molecule has 0 unspecified atom stereocenters. The highest BCUT2D eigenvalue weighted by Gasteiger charge is 2.32. The van der Waals surface area contributed by atoms with E-state index in [1.165, 1.54) is 5.57 Å². The summed E-state index contributed by atoms with van der Waals surface area (Å²) >= 11 is 0. The molecule has 0 N–H and O–H groups in total. The van der Waals surface area contributed by atoms with E-state index in [0.29, 0.717) is 5.92 Å². The first-order valence-corrected chi connectivity index (χ1v) is 9.03. The van der Waals surface area contributed by atoms with E-state index in [2.05, 4.69) is 78.8 Å². The number of allylic oxidation sites excluding steroid dienone is 4. The quantitative estimate of drug-likeness (QED) is 0.634. The first kappa shape index (κ1) is 18.6. The van der Waals surface area contributed by atoms with Gasteiger partial charge in [0, 0.05) is 0 Å². The number of hydrogen-bond donors (Lipinski definition) is 0. The summed E-state index contributed by atoms with van der Waals surface area (Å²) in [5, 5.41) is 0. The highest BCUT2D eigenvalue weighted by atomic mass is 16.5. The van der Waals surface area contributed by atoms with Crippen LogP contribution >= 0.6 is 0 Å². The molecule has 0 aliphatic heterocycles. The van der Waals surface area contributed by atoms with Gasteiger partial charge in [0.25, 0.3) is 0 Å². The summed E-state index contributed by atoms with van der Waals surface area (Å²) < 4.78 is 12.3. The van der Waals surface area contributed by atoms with Gasteiger partial charge in [-0.2, -0.15) is 0 Å². The fraction of sp³-hybridized carbons (Fsp3) is 0.545. The van der Waals surface area contributed by atoms with Gasteiger partial charge in [-0.15, -0.1) is 0 Å². The maximum Gasteiger partial charge on any atom is 0.130 e. The van der Waals surface area contributed by atoms with Crippen LogP contribution in [-0.2, 0) is 0 Å². The SMILES string of the molecule is CC(C)Oc1cccc(OC(C)C)c1C1=CC=CC[C@@H]1C(C)(C)C. The third-order valence-corrected chi connectivity index (χ3v) is 4.21. The van der Waals surface area contributed by atoms with Gasteiger partial charge in [0.1, 0.15) is 11.5 Å². The van der Waals surface area contributed by atoms with Crippen molar-refractivity contribution >= 4 is 5.57 Å². The van der Waals surface area contributed by atoms with Crippen molar-refractivity contribution in [1.29, 1.82) is 0 Å². The Bertz CT molecular complexity index is 587. The summed E-state index contributed by atoms with van der Waals surface area (Å²) in [6.07, 6.45) is 7.95. The van der Waals surface area contributed by atoms with Gasteiger partial charge in [0.05, 0.1) is 17.8 Å². The monoisotopic (exact) mass is 328 g/mol. The molecule has 0 radical (unpaired) electrons. The van der Waals surface area contributed by atoms with E-state index < -0.39 is 0 Å². The third-order valence-electron chi connectivity index (χ3n) is 4.21. The molecule has 0 aromatic heterocycles. The fourth-order valence-electron chi connectivity index (χ4n) is 3.21. The largest absolute Gasteiger partial charge is 0.490 e. The molecule has 0 saturated carbocycles. The molecule has 1 aliphatic carbocycles. The average Bonchev–Trinajstić information content (AvgIpc) is 2.45. The van der Waals surface area contributed by atoms with Gasteiger partial charge >= 0.3 is 0 Å².